The number of hydrogen-bond acceptors (Lipinski definition) is 2. The molecule has 3 rings (SSSR count). The molecule has 23 heavy (non-hydrogen) atoms. The van der Waals surface area contributed by atoms with Crippen LogP contribution < -0.4 is 10.1 Å². The largest absolute Gasteiger partial charge is 0.489 e. The predicted molar refractivity (Wildman–Crippen MR) is 94.1 cm³/mol. The van der Waals surface area contributed by atoms with Gasteiger partial charge in [0.2, 0.25) is 5.91 Å². The Hall–Kier alpha value is -2.52. The van der Waals surface area contributed by atoms with Gasteiger partial charge in [-0.05, 0) is 29.1 Å². The molecule has 116 valence electrons. The molecule has 0 aliphatic carbocycles. The summed E-state index contributed by atoms with van der Waals surface area (Å²) < 4.78 is 5.85. The van der Waals surface area contributed by atoms with Crippen molar-refractivity contribution < 1.29 is 9.53 Å². The lowest BCUT2D eigenvalue weighted by molar-refractivity contribution is -0.113. The van der Waals surface area contributed by atoms with Crippen molar-refractivity contribution in [3.05, 3.63) is 72.3 Å². The molecule has 0 radical (unpaired) electrons. The lowest BCUT2D eigenvalue weighted by Gasteiger charge is -2.11. The van der Waals surface area contributed by atoms with Crippen LogP contribution in [-0.2, 0) is 11.4 Å². The van der Waals surface area contributed by atoms with Crippen LogP contribution in [0.5, 0.6) is 5.75 Å². The van der Waals surface area contributed by atoms with E-state index in [1.54, 1.807) is 0 Å². The molecule has 3 aromatic carbocycles. The zero-order chi connectivity index (χ0) is 16.1. The van der Waals surface area contributed by atoms with Gasteiger partial charge in [0.25, 0.3) is 0 Å². The molecule has 0 aromatic heterocycles. The van der Waals surface area contributed by atoms with Crippen molar-refractivity contribution >= 4 is 34.0 Å². The van der Waals surface area contributed by atoms with E-state index < -0.39 is 0 Å². The SMILES string of the molecule is O=C(CCl)Nc1cccc2ccc(OCc3ccccc3)cc12. The number of halogens is 1. The fourth-order valence-corrected chi connectivity index (χ4v) is 2.44. The average molecular weight is 326 g/mol. The smallest absolute Gasteiger partial charge is 0.239 e. The Kier molecular flexibility index (Phi) is 4.79. The van der Waals surface area contributed by atoms with E-state index in [9.17, 15) is 4.79 Å². The van der Waals surface area contributed by atoms with Crippen molar-refractivity contribution in [3.8, 4) is 5.75 Å². The van der Waals surface area contributed by atoms with Gasteiger partial charge >= 0.3 is 0 Å². The quantitative estimate of drug-likeness (QED) is 0.696. The number of fused-ring (bicyclic) bond motifs is 1. The van der Waals surface area contributed by atoms with Crippen LogP contribution in [0.4, 0.5) is 5.69 Å². The number of carbonyl (C=O) groups is 1. The number of benzene rings is 3. The summed E-state index contributed by atoms with van der Waals surface area (Å²) in [7, 11) is 0. The second-order valence-electron chi connectivity index (χ2n) is 5.14. The summed E-state index contributed by atoms with van der Waals surface area (Å²) >= 11 is 5.57. The number of anilines is 1. The molecule has 0 spiro atoms. The molecule has 4 heteroatoms. The highest BCUT2D eigenvalue weighted by Gasteiger charge is 2.06. The van der Waals surface area contributed by atoms with Crippen molar-refractivity contribution in [2.45, 2.75) is 6.61 Å². The zero-order valence-corrected chi connectivity index (χ0v) is 13.2. The van der Waals surface area contributed by atoms with Gasteiger partial charge in [-0.2, -0.15) is 0 Å². The Morgan fingerprint density at radius 2 is 1.83 bits per heavy atom. The molecular formula is C19H16ClNO2. The van der Waals surface area contributed by atoms with Crippen molar-refractivity contribution in [1.82, 2.24) is 0 Å². The maximum absolute atomic E-state index is 11.5. The van der Waals surface area contributed by atoms with Crippen LogP contribution in [0.15, 0.2) is 66.7 Å². The molecule has 0 bridgehead atoms. The van der Waals surface area contributed by atoms with Crippen LogP contribution in [-0.4, -0.2) is 11.8 Å². The predicted octanol–water partition coefficient (Wildman–Crippen LogP) is 4.60. The Morgan fingerprint density at radius 1 is 1.00 bits per heavy atom. The van der Waals surface area contributed by atoms with Gasteiger partial charge in [-0.25, -0.2) is 0 Å². The molecule has 0 fully saturated rings. The topological polar surface area (TPSA) is 38.3 Å². The second-order valence-corrected chi connectivity index (χ2v) is 5.41. The van der Waals surface area contributed by atoms with E-state index in [0.717, 1.165) is 27.8 Å². The molecule has 0 unspecified atom stereocenters. The number of amides is 1. The first-order valence-corrected chi connectivity index (χ1v) is 7.85. The first-order chi connectivity index (χ1) is 11.3. The van der Waals surface area contributed by atoms with Gasteiger partial charge in [-0.3, -0.25) is 4.79 Å². The number of hydrogen-bond donors (Lipinski definition) is 1. The molecule has 1 amide bonds. The minimum absolute atomic E-state index is 0.0689. The highest BCUT2D eigenvalue weighted by molar-refractivity contribution is 6.29. The van der Waals surface area contributed by atoms with Crippen molar-refractivity contribution in [1.29, 1.82) is 0 Å². The van der Waals surface area contributed by atoms with Crippen LogP contribution in [0.2, 0.25) is 0 Å². The summed E-state index contributed by atoms with van der Waals surface area (Å²) in [5, 5.41) is 4.77. The first kappa shape index (κ1) is 15.4. The summed E-state index contributed by atoms with van der Waals surface area (Å²) in [5.41, 5.74) is 1.84. The molecule has 0 aliphatic rings. The van der Waals surface area contributed by atoms with E-state index in [2.05, 4.69) is 5.32 Å². The fraction of sp³-hybridized carbons (Fsp3) is 0.105. The molecule has 0 saturated heterocycles. The van der Waals surface area contributed by atoms with Gasteiger partial charge in [0.05, 0.1) is 0 Å². The Bertz CT molecular complexity index is 818. The summed E-state index contributed by atoms with van der Waals surface area (Å²) in [5.74, 6) is 0.462. The minimum Gasteiger partial charge on any atom is -0.489 e. The minimum atomic E-state index is -0.227. The molecule has 0 atom stereocenters. The number of carbonyl (C=O) groups excluding carboxylic acids is 1. The van der Waals surface area contributed by atoms with Crippen LogP contribution >= 0.6 is 11.6 Å². The van der Waals surface area contributed by atoms with Gasteiger partial charge in [0.15, 0.2) is 0 Å². The normalized spacial score (nSPS) is 10.5. The summed E-state index contributed by atoms with van der Waals surface area (Å²) in [6, 6.07) is 21.6. The zero-order valence-electron chi connectivity index (χ0n) is 12.5. The Morgan fingerprint density at radius 3 is 2.61 bits per heavy atom. The summed E-state index contributed by atoms with van der Waals surface area (Å²) in [6.07, 6.45) is 0. The van der Waals surface area contributed by atoms with Crippen molar-refractivity contribution in [3.63, 3.8) is 0 Å². The second kappa shape index (κ2) is 7.16. The van der Waals surface area contributed by atoms with Gasteiger partial charge in [-0.1, -0.05) is 48.5 Å². The Balaban J connectivity index is 1.85. The third kappa shape index (κ3) is 3.82. The maximum Gasteiger partial charge on any atom is 0.239 e. The monoisotopic (exact) mass is 325 g/mol. The fourth-order valence-electron chi connectivity index (χ4n) is 2.38. The van der Waals surface area contributed by atoms with E-state index in [-0.39, 0.29) is 11.8 Å². The third-order valence-corrected chi connectivity index (χ3v) is 3.74. The molecule has 3 nitrogen and oxygen atoms in total. The number of nitrogens with one attached hydrogen (secondary N) is 1. The number of rotatable bonds is 5. The van der Waals surface area contributed by atoms with Crippen molar-refractivity contribution in [2.75, 3.05) is 11.2 Å². The number of alkyl halides is 1. The van der Waals surface area contributed by atoms with Gasteiger partial charge in [0, 0.05) is 11.1 Å². The van der Waals surface area contributed by atoms with E-state index in [1.165, 1.54) is 0 Å². The standard InChI is InChI=1S/C19H16ClNO2/c20-12-19(22)21-18-8-4-7-15-9-10-16(11-17(15)18)23-13-14-5-2-1-3-6-14/h1-11H,12-13H2,(H,21,22). The molecule has 0 heterocycles. The molecule has 3 aromatic rings. The molecule has 0 aliphatic heterocycles. The maximum atomic E-state index is 11.5. The third-order valence-electron chi connectivity index (χ3n) is 3.50. The lowest BCUT2D eigenvalue weighted by Crippen LogP contribution is -2.12. The highest BCUT2D eigenvalue weighted by Crippen LogP contribution is 2.28. The van der Waals surface area contributed by atoms with Crippen LogP contribution in [0.25, 0.3) is 10.8 Å². The Labute approximate surface area is 139 Å². The van der Waals surface area contributed by atoms with E-state index >= 15 is 0 Å². The van der Waals surface area contributed by atoms with E-state index in [4.69, 9.17) is 16.3 Å². The van der Waals surface area contributed by atoms with Crippen LogP contribution in [0, 0.1) is 0 Å². The van der Waals surface area contributed by atoms with E-state index in [1.807, 2.05) is 66.7 Å². The number of ether oxygens (including phenoxy) is 1. The molecular weight excluding hydrogens is 310 g/mol. The van der Waals surface area contributed by atoms with Crippen LogP contribution in [0.1, 0.15) is 5.56 Å². The van der Waals surface area contributed by atoms with E-state index in [0.29, 0.717) is 6.61 Å². The first-order valence-electron chi connectivity index (χ1n) is 7.31. The van der Waals surface area contributed by atoms with Crippen LogP contribution in [0.3, 0.4) is 0 Å². The summed E-state index contributed by atoms with van der Waals surface area (Å²) in [4.78, 5) is 11.5. The van der Waals surface area contributed by atoms with Gasteiger partial charge in [-0.15, -0.1) is 11.6 Å². The van der Waals surface area contributed by atoms with Gasteiger partial charge < -0.3 is 10.1 Å². The average Bonchev–Trinajstić information content (AvgIpc) is 2.61. The lowest BCUT2D eigenvalue weighted by atomic mass is 10.1. The molecule has 0 saturated carbocycles. The van der Waals surface area contributed by atoms with Crippen molar-refractivity contribution in [2.24, 2.45) is 0 Å². The van der Waals surface area contributed by atoms with Gasteiger partial charge in [0.1, 0.15) is 18.2 Å². The highest BCUT2D eigenvalue weighted by atomic mass is 35.5. The molecule has 1 N–H and O–H groups in total. The summed E-state index contributed by atoms with van der Waals surface area (Å²) in [6.45, 7) is 0.503.